The van der Waals surface area contributed by atoms with Crippen LogP contribution in [0.15, 0.2) is 24.3 Å². The van der Waals surface area contributed by atoms with Crippen LogP contribution in [-0.2, 0) is 9.84 Å². The Hall–Kier alpha value is -1.07. The lowest BCUT2D eigenvalue weighted by Gasteiger charge is -2.35. The Kier molecular flexibility index (Phi) is 4.22. The Morgan fingerprint density at radius 1 is 1.05 bits per heavy atom. The number of hydrogen-bond acceptors (Lipinski definition) is 4. The number of benzene rings is 1. The molecule has 116 valence electrons. The maximum absolute atomic E-state index is 11.5. The molecule has 1 N–H and O–H groups in total. The van der Waals surface area contributed by atoms with E-state index in [0.29, 0.717) is 17.5 Å². The summed E-state index contributed by atoms with van der Waals surface area (Å²) in [6, 6.07) is 9.32. The minimum Gasteiger partial charge on any atom is -0.371 e. The third-order valence-corrected chi connectivity index (χ3v) is 6.37. The monoisotopic (exact) mass is 308 g/mol. The minimum atomic E-state index is -2.78. The van der Waals surface area contributed by atoms with E-state index >= 15 is 0 Å². The van der Waals surface area contributed by atoms with Gasteiger partial charge in [-0.3, -0.25) is 0 Å². The molecule has 2 saturated heterocycles. The number of nitrogens with zero attached hydrogens (tertiary/aromatic N) is 1. The fourth-order valence-electron chi connectivity index (χ4n) is 3.32. The summed E-state index contributed by atoms with van der Waals surface area (Å²) in [5, 5.41) is 3.55. The zero-order chi connectivity index (χ0) is 14.9. The highest BCUT2D eigenvalue weighted by Crippen LogP contribution is 2.21. The van der Waals surface area contributed by atoms with Gasteiger partial charge in [0.2, 0.25) is 0 Å². The molecule has 2 fully saturated rings. The van der Waals surface area contributed by atoms with E-state index in [1.54, 1.807) is 0 Å². The molecule has 21 heavy (non-hydrogen) atoms. The molecule has 2 aliphatic heterocycles. The third kappa shape index (κ3) is 3.77. The normalized spacial score (nSPS) is 26.1. The zero-order valence-electron chi connectivity index (χ0n) is 12.6. The molecule has 4 nitrogen and oxygen atoms in total. The van der Waals surface area contributed by atoms with Crippen LogP contribution >= 0.6 is 0 Å². The van der Waals surface area contributed by atoms with Crippen molar-refractivity contribution in [2.24, 2.45) is 0 Å². The van der Waals surface area contributed by atoms with E-state index in [4.69, 9.17) is 0 Å². The smallest absolute Gasteiger partial charge is 0.151 e. The molecule has 0 amide bonds. The van der Waals surface area contributed by atoms with Crippen LogP contribution in [0.5, 0.6) is 0 Å². The van der Waals surface area contributed by atoms with Crippen LogP contribution in [0.4, 0.5) is 5.69 Å². The second-order valence-electron chi connectivity index (χ2n) is 6.36. The SMILES string of the molecule is Cc1ccc(N2CCC(N[C@@H]3CCS(=O)(=O)C3)CC2)cc1. The second kappa shape index (κ2) is 5.97. The lowest BCUT2D eigenvalue weighted by Crippen LogP contribution is -2.46. The molecule has 1 aromatic carbocycles. The second-order valence-corrected chi connectivity index (χ2v) is 8.59. The molecule has 0 radical (unpaired) electrons. The van der Waals surface area contributed by atoms with Gasteiger partial charge in [-0.1, -0.05) is 17.7 Å². The van der Waals surface area contributed by atoms with Gasteiger partial charge >= 0.3 is 0 Å². The van der Waals surface area contributed by atoms with Gasteiger partial charge in [-0.25, -0.2) is 8.42 Å². The highest BCUT2D eigenvalue weighted by Gasteiger charge is 2.30. The van der Waals surface area contributed by atoms with Crippen molar-refractivity contribution in [1.82, 2.24) is 5.32 Å². The molecular formula is C16H24N2O2S. The van der Waals surface area contributed by atoms with Crippen LogP contribution in [0.1, 0.15) is 24.8 Å². The van der Waals surface area contributed by atoms with Crippen molar-refractivity contribution in [3.05, 3.63) is 29.8 Å². The first-order chi connectivity index (χ1) is 10.0. The van der Waals surface area contributed by atoms with Crippen molar-refractivity contribution in [3.8, 4) is 0 Å². The van der Waals surface area contributed by atoms with Crippen LogP contribution in [0.25, 0.3) is 0 Å². The molecule has 2 aliphatic rings. The van der Waals surface area contributed by atoms with Gasteiger partial charge in [0.15, 0.2) is 9.84 Å². The van der Waals surface area contributed by atoms with Crippen LogP contribution in [-0.4, -0.2) is 45.1 Å². The molecule has 0 bridgehead atoms. The van der Waals surface area contributed by atoms with E-state index in [-0.39, 0.29) is 6.04 Å². The molecule has 2 heterocycles. The average molecular weight is 308 g/mol. The fraction of sp³-hybridized carbons (Fsp3) is 0.625. The summed E-state index contributed by atoms with van der Waals surface area (Å²) in [5.74, 6) is 0.679. The molecule has 3 rings (SSSR count). The highest BCUT2D eigenvalue weighted by atomic mass is 32.2. The Morgan fingerprint density at radius 2 is 1.71 bits per heavy atom. The van der Waals surface area contributed by atoms with Gasteiger partial charge in [-0.05, 0) is 38.3 Å². The summed E-state index contributed by atoms with van der Waals surface area (Å²) in [7, 11) is -2.78. The number of sulfone groups is 1. The molecule has 5 heteroatoms. The summed E-state index contributed by atoms with van der Waals surface area (Å²) < 4.78 is 23.0. The maximum atomic E-state index is 11.5. The van der Waals surface area contributed by atoms with E-state index in [1.165, 1.54) is 11.3 Å². The van der Waals surface area contributed by atoms with Gasteiger partial charge < -0.3 is 10.2 Å². The summed E-state index contributed by atoms with van der Waals surface area (Å²) in [4.78, 5) is 2.42. The van der Waals surface area contributed by atoms with Crippen LogP contribution in [0, 0.1) is 6.92 Å². The van der Waals surface area contributed by atoms with Crippen molar-refractivity contribution in [2.45, 2.75) is 38.3 Å². The summed E-state index contributed by atoms with van der Waals surface area (Å²) >= 11 is 0. The Balaban J connectivity index is 1.50. The predicted octanol–water partition coefficient (Wildman–Crippen LogP) is 1.74. The number of hydrogen-bond donors (Lipinski definition) is 1. The standard InChI is InChI=1S/C16H24N2O2S/c1-13-2-4-16(5-3-13)18-9-6-14(7-10-18)17-15-8-11-21(19,20)12-15/h2-5,14-15,17H,6-12H2,1H3/t15-/m1/s1. The number of anilines is 1. The van der Waals surface area contributed by atoms with Crippen molar-refractivity contribution >= 4 is 15.5 Å². The molecule has 0 spiro atoms. The molecule has 0 saturated carbocycles. The first-order valence-electron chi connectivity index (χ1n) is 7.80. The van der Waals surface area contributed by atoms with Crippen molar-refractivity contribution in [1.29, 1.82) is 0 Å². The molecule has 0 aromatic heterocycles. The average Bonchev–Trinajstić information content (AvgIpc) is 2.80. The zero-order valence-corrected chi connectivity index (χ0v) is 13.4. The van der Waals surface area contributed by atoms with Gasteiger partial charge in [0, 0.05) is 30.9 Å². The van der Waals surface area contributed by atoms with Gasteiger partial charge in [-0.15, -0.1) is 0 Å². The summed E-state index contributed by atoms with van der Waals surface area (Å²) in [6.45, 7) is 4.19. The molecule has 1 atom stereocenters. The lowest BCUT2D eigenvalue weighted by molar-refractivity contribution is 0.379. The molecule has 0 aliphatic carbocycles. The van der Waals surface area contributed by atoms with Crippen molar-refractivity contribution in [2.75, 3.05) is 29.5 Å². The van der Waals surface area contributed by atoms with Crippen LogP contribution in [0.2, 0.25) is 0 Å². The van der Waals surface area contributed by atoms with E-state index in [0.717, 1.165) is 32.4 Å². The quantitative estimate of drug-likeness (QED) is 0.924. The fourth-order valence-corrected chi connectivity index (χ4v) is 5.01. The first kappa shape index (κ1) is 14.9. The van der Waals surface area contributed by atoms with E-state index in [9.17, 15) is 8.42 Å². The van der Waals surface area contributed by atoms with Crippen LogP contribution in [0.3, 0.4) is 0 Å². The van der Waals surface area contributed by atoms with Gasteiger partial charge in [0.1, 0.15) is 0 Å². The maximum Gasteiger partial charge on any atom is 0.151 e. The van der Waals surface area contributed by atoms with E-state index in [1.807, 2.05) is 0 Å². The van der Waals surface area contributed by atoms with Gasteiger partial charge in [-0.2, -0.15) is 0 Å². The van der Waals surface area contributed by atoms with Crippen molar-refractivity contribution < 1.29 is 8.42 Å². The van der Waals surface area contributed by atoms with Crippen LogP contribution < -0.4 is 10.2 Å². The van der Waals surface area contributed by atoms with E-state index < -0.39 is 9.84 Å². The minimum absolute atomic E-state index is 0.172. The largest absolute Gasteiger partial charge is 0.371 e. The topological polar surface area (TPSA) is 49.4 Å². The predicted molar refractivity (Wildman–Crippen MR) is 86.6 cm³/mol. The van der Waals surface area contributed by atoms with Gasteiger partial charge in [0.05, 0.1) is 11.5 Å². The number of piperidine rings is 1. The number of aryl methyl sites for hydroxylation is 1. The molecule has 0 unspecified atom stereocenters. The molecular weight excluding hydrogens is 284 g/mol. The first-order valence-corrected chi connectivity index (χ1v) is 9.62. The Bertz CT molecular complexity index is 575. The van der Waals surface area contributed by atoms with E-state index in [2.05, 4.69) is 41.4 Å². The third-order valence-electron chi connectivity index (χ3n) is 4.60. The summed E-state index contributed by atoms with van der Waals surface area (Å²) in [5.41, 5.74) is 2.58. The number of rotatable bonds is 3. The molecule has 1 aromatic rings. The van der Waals surface area contributed by atoms with Crippen molar-refractivity contribution in [3.63, 3.8) is 0 Å². The Morgan fingerprint density at radius 3 is 2.29 bits per heavy atom. The van der Waals surface area contributed by atoms with Gasteiger partial charge in [0.25, 0.3) is 0 Å². The lowest BCUT2D eigenvalue weighted by atomic mass is 10.0. The number of nitrogens with one attached hydrogen (secondary N) is 1. The summed E-state index contributed by atoms with van der Waals surface area (Å²) in [6.07, 6.45) is 2.95. The Labute approximate surface area is 127 Å². The highest BCUT2D eigenvalue weighted by molar-refractivity contribution is 7.91.